The molecule has 394 valence electrons. The average molecular weight is 960 g/mol. The molecule has 0 aliphatic heterocycles. The van der Waals surface area contributed by atoms with Gasteiger partial charge in [0.1, 0.15) is 13.2 Å². The van der Waals surface area contributed by atoms with Gasteiger partial charge in [0.25, 0.3) is 0 Å². The van der Waals surface area contributed by atoms with Crippen molar-refractivity contribution >= 4 is 17.9 Å². The Hall–Kier alpha value is -3.67. The minimum absolute atomic E-state index is 0.107. The Labute approximate surface area is 426 Å². The van der Waals surface area contributed by atoms with E-state index in [-0.39, 0.29) is 37.5 Å². The van der Waals surface area contributed by atoms with Crippen molar-refractivity contribution < 1.29 is 28.6 Å². The molecule has 0 amide bonds. The zero-order valence-electron chi connectivity index (χ0n) is 45.0. The van der Waals surface area contributed by atoms with Crippen molar-refractivity contribution in [2.24, 2.45) is 0 Å². The molecule has 0 saturated carbocycles. The number of rotatable bonds is 51. The molecule has 6 heteroatoms. The predicted molar refractivity (Wildman–Crippen MR) is 297 cm³/mol. The zero-order chi connectivity index (χ0) is 50.0. The first-order chi connectivity index (χ1) is 34.0. The Morgan fingerprint density at radius 2 is 0.580 bits per heavy atom. The molecule has 69 heavy (non-hydrogen) atoms. The van der Waals surface area contributed by atoms with Gasteiger partial charge in [0.05, 0.1) is 0 Å². The van der Waals surface area contributed by atoms with Gasteiger partial charge in [-0.1, -0.05) is 227 Å². The molecule has 1 atom stereocenters. The Kier molecular flexibility index (Phi) is 53.9. The Balaban J connectivity index is 4.49. The van der Waals surface area contributed by atoms with Crippen LogP contribution in [-0.4, -0.2) is 37.2 Å². The second-order valence-corrected chi connectivity index (χ2v) is 18.8. The van der Waals surface area contributed by atoms with E-state index >= 15 is 0 Å². The molecule has 0 aromatic carbocycles. The van der Waals surface area contributed by atoms with Crippen LogP contribution in [0.3, 0.4) is 0 Å². The molecule has 0 aliphatic rings. The normalized spacial score (nSPS) is 12.8. The van der Waals surface area contributed by atoms with Crippen molar-refractivity contribution in [2.75, 3.05) is 13.2 Å². The smallest absolute Gasteiger partial charge is 0.306 e. The van der Waals surface area contributed by atoms with Gasteiger partial charge < -0.3 is 14.2 Å². The minimum Gasteiger partial charge on any atom is -0.462 e. The molecular weight excluding hydrogens is 853 g/mol. The third-order valence-electron chi connectivity index (χ3n) is 12.0. The molecule has 0 N–H and O–H groups in total. The fourth-order valence-electron chi connectivity index (χ4n) is 7.74. The first-order valence-corrected chi connectivity index (χ1v) is 28.7. The molecule has 0 bridgehead atoms. The summed E-state index contributed by atoms with van der Waals surface area (Å²) in [6.45, 7) is 6.44. The van der Waals surface area contributed by atoms with E-state index in [0.717, 1.165) is 103 Å². The van der Waals surface area contributed by atoms with Gasteiger partial charge in [-0.05, 0) is 116 Å². The number of esters is 3. The second kappa shape index (κ2) is 56.9. The molecule has 0 heterocycles. The molecule has 0 fully saturated rings. The summed E-state index contributed by atoms with van der Waals surface area (Å²) in [5.41, 5.74) is 0. The van der Waals surface area contributed by atoms with Crippen LogP contribution in [0, 0.1) is 0 Å². The van der Waals surface area contributed by atoms with E-state index in [4.69, 9.17) is 14.2 Å². The molecular formula is C63H106O6. The summed E-state index contributed by atoms with van der Waals surface area (Å²) >= 11 is 0. The first-order valence-electron chi connectivity index (χ1n) is 28.7. The maximum atomic E-state index is 12.8. The average Bonchev–Trinajstić information content (AvgIpc) is 3.35. The first kappa shape index (κ1) is 65.3. The lowest BCUT2D eigenvalue weighted by molar-refractivity contribution is -0.167. The van der Waals surface area contributed by atoms with Gasteiger partial charge in [-0.25, -0.2) is 0 Å². The SMILES string of the molecule is CC/C=C\C/C=C\C/C=C\C/C=C\C/C=C\CCCC(=O)O[C@H](COC(=O)CCCCCCC/C=C\C/C=C\CCCCC)COC(=O)CCCCCCCCC/C=C\CCCCCCCCCC. The van der Waals surface area contributed by atoms with Crippen LogP contribution in [0.5, 0.6) is 0 Å². The Bertz CT molecular complexity index is 1380. The summed E-state index contributed by atoms with van der Waals surface area (Å²) < 4.78 is 16.8. The summed E-state index contributed by atoms with van der Waals surface area (Å²) in [5.74, 6) is -0.982. The standard InChI is InChI=1S/C63H106O6/c1-4-7-10-13-16-19-22-25-28-30-31-33-35-38-41-44-47-50-53-56-62(65)68-59-60(58-67-61(64)55-52-49-46-43-40-37-34-27-24-21-18-15-12-9-6-3)69-63(66)57-54-51-48-45-42-39-36-32-29-26-23-20-17-14-11-8-5-2/h8,11,17-18,20-21,26-27,29-31,34,36,39,45,48,60H,4-7,9-10,12-16,19,22-25,28,32-33,35,37-38,40-44,46-47,49-59H2,1-3H3/b11-8-,20-17-,21-18-,29-26-,31-30-,34-27-,39-36-,48-45-/t60-/m1/s1. The van der Waals surface area contributed by atoms with E-state index in [0.29, 0.717) is 19.3 Å². The van der Waals surface area contributed by atoms with Gasteiger partial charge in [-0.2, -0.15) is 0 Å². The number of hydrogen-bond acceptors (Lipinski definition) is 6. The number of carbonyl (C=O) groups excluding carboxylic acids is 3. The second-order valence-electron chi connectivity index (χ2n) is 18.8. The molecule has 0 saturated heterocycles. The number of ether oxygens (including phenoxy) is 3. The van der Waals surface area contributed by atoms with Crippen molar-refractivity contribution in [3.63, 3.8) is 0 Å². The molecule has 0 aromatic rings. The minimum atomic E-state index is -0.816. The number of carbonyl (C=O) groups is 3. The van der Waals surface area contributed by atoms with Gasteiger partial charge in [0.2, 0.25) is 0 Å². The van der Waals surface area contributed by atoms with Crippen molar-refractivity contribution in [3.8, 4) is 0 Å². The molecule has 0 aliphatic carbocycles. The van der Waals surface area contributed by atoms with E-state index in [1.165, 1.54) is 116 Å². The van der Waals surface area contributed by atoms with Crippen molar-refractivity contribution in [1.82, 2.24) is 0 Å². The van der Waals surface area contributed by atoms with Gasteiger partial charge >= 0.3 is 17.9 Å². The van der Waals surface area contributed by atoms with Crippen LogP contribution in [0.2, 0.25) is 0 Å². The Morgan fingerprint density at radius 3 is 0.971 bits per heavy atom. The molecule has 0 spiro atoms. The fraction of sp³-hybridized carbons (Fsp3) is 0.698. The fourth-order valence-corrected chi connectivity index (χ4v) is 7.74. The van der Waals surface area contributed by atoms with Crippen LogP contribution < -0.4 is 0 Å². The maximum Gasteiger partial charge on any atom is 0.306 e. The molecule has 6 nitrogen and oxygen atoms in total. The van der Waals surface area contributed by atoms with Gasteiger partial charge in [0, 0.05) is 19.3 Å². The van der Waals surface area contributed by atoms with Crippen molar-refractivity contribution in [2.45, 2.75) is 271 Å². The quantitative estimate of drug-likeness (QED) is 0.0262. The third kappa shape index (κ3) is 55.1. The van der Waals surface area contributed by atoms with E-state index in [2.05, 4.69) is 118 Å². The van der Waals surface area contributed by atoms with E-state index < -0.39 is 6.10 Å². The highest BCUT2D eigenvalue weighted by Crippen LogP contribution is 2.14. The van der Waals surface area contributed by atoms with Crippen molar-refractivity contribution in [1.29, 1.82) is 0 Å². The topological polar surface area (TPSA) is 78.9 Å². The number of unbranched alkanes of at least 4 members (excludes halogenated alkanes) is 24. The monoisotopic (exact) mass is 959 g/mol. The lowest BCUT2D eigenvalue weighted by atomic mass is 10.1. The lowest BCUT2D eigenvalue weighted by Crippen LogP contribution is -2.30. The molecule has 0 rings (SSSR count). The highest BCUT2D eigenvalue weighted by Gasteiger charge is 2.19. The van der Waals surface area contributed by atoms with Crippen molar-refractivity contribution in [3.05, 3.63) is 97.2 Å². The third-order valence-corrected chi connectivity index (χ3v) is 12.0. The highest BCUT2D eigenvalue weighted by atomic mass is 16.6. The summed E-state index contributed by atoms with van der Waals surface area (Å²) in [7, 11) is 0. The number of hydrogen-bond donors (Lipinski definition) is 0. The van der Waals surface area contributed by atoms with Crippen LogP contribution in [0.1, 0.15) is 265 Å². The predicted octanol–water partition coefficient (Wildman–Crippen LogP) is 19.3. The van der Waals surface area contributed by atoms with Crippen LogP contribution in [0.15, 0.2) is 97.2 Å². The van der Waals surface area contributed by atoms with Crippen LogP contribution >= 0.6 is 0 Å². The zero-order valence-corrected chi connectivity index (χ0v) is 45.0. The largest absolute Gasteiger partial charge is 0.462 e. The van der Waals surface area contributed by atoms with E-state index in [1.54, 1.807) is 0 Å². The van der Waals surface area contributed by atoms with E-state index in [1.807, 2.05) is 0 Å². The highest BCUT2D eigenvalue weighted by molar-refractivity contribution is 5.71. The summed E-state index contributed by atoms with van der Waals surface area (Å²) in [5, 5.41) is 0. The van der Waals surface area contributed by atoms with Crippen LogP contribution in [-0.2, 0) is 28.6 Å². The van der Waals surface area contributed by atoms with Crippen LogP contribution in [0.25, 0.3) is 0 Å². The van der Waals surface area contributed by atoms with E-state index in [9.17, 15) is 14.4 Å². The van der Waals surface area contributed by atoms with Gasteiger partial charge in [0.15, 0.2) is 6.10 Å². The van der Waals surface area contributed by atoms with Crippen LogP contribution in [0.4, 0.5) is 0 Å². The summed E-state index contributed by atoms with van der Waals surface area (Å²) in [4.78, 5) is 38.1. The lowest BCUT2D eigenvalue weighted by Gasteiger charge is -2.18. The Morgan fingerprint density at radius 1 is 0.304 bits per heavy atom. The molecule has 0 unspecified atom stereocenters. The summed E-state index contributed by atoms with van der Waals surface area (Å²) in [6, 6.07) is 0. The number of allylic oxidation sites excluding steroid dienone is 16. The van der Waals surface area contributed by atoms with Gasteiger partial charge in [-0.15, -0.1) is 0 Å². The molecule has 0 radical (unpaired) electrons. The summed E-state index contributed by atoms with van der Waals surface area (Å²) in [6.07, 6.45) is 75.4. The van der Waals surface area contributed by atoms with Gasteiger partial charge in [-0.3, -0.25) is 14.4 Å². The maximum absolute atomic E-state index is 12.8. The molecule has 0 aromatic heterocycles.